The molecule has 1 aromatic heterocycles. The Hall–Kier alpha value is -2.01. The van der Waals surface area contributed by atoms with Gasteiger partial charge in [-0.25, -0.2) is 4.98 Å². The first-order valence-electron chi connectivity index (χ1n) is 8.01. The Balaban J connectivity index is 1.65. The van der Waals surface area contributed by atoms with E-state index < -0.39 is 0 Å². The van der Waals surface area contributed by atoms with Gasteiger partial charge >= 0.3 is 0 Å². The average molecular weight is 299 g/mol. The smallest absolute Gasteiger partial charge is 0.231 e. The van der Waals surface area contributed by atoms with Crippen molar-refractivity contribution in [3.63, 3.8) is 0 Å². The van der Waals surface area contributed by atoms with Crippen LogP contribution in [0.2, 0.25) is 0 Å². The van der Waals surface area contributed by atoms with Crippen LogP contribution < -0.4 is 14.8 Å². The Morgan fingerprint density at radius 2 is 2.23 bits per heavy atom. The van der Waals surface area contributed by atoms with Crippen LogP contribution in [0.15, 0.2) is 30.6 Å². The summed E-state index contributed by atoms with van der Waals surface area (Å²) in [5.74, 6) is 2.64. The quantitative estimate of drug-likeness (QED) is 0.946. The van der Waals surface area contributed by atoms with E-state index in [2.05, 4.69) is 34.1 Å². The highest BCUT2D eigenvalue weighted by atomic mass is 16.7. The second kappa shape index (κ2) is 5.65. The molecule has 1 aromatic carbocycles. The largest absolute Gasteiger partial charge is 0.454 e. The fraction of sp³-hybridized carbons (Fsp3) is 0.471. The SMILES string of the molecule is CC[C@H]1C[C@H](n2ccnc2-c2ccc3c(c2)OCO3)CCN1. The van der Waals surface area contributed by atoms with Crippen LogP contribution in [0, 0.1) is 0 Å². The van der Waals surface area contributed by atoms with Crippen LogP contribution in [0.1, 0.15) is 32.2 Å². The van der Waals surface area contributed by atoms with Crippen molar-refractivity contribution in [1.82, 2.24) is 14.9 Å². The number of piperidine rings is 1. The summed E-state index contributed by atoms with van der Waals surface area (Å²) in [7, 11) is 0. The van der Waals surface area contributed by atoms with Crippen LogP contribution >= 0.6 is 0 Å². The molecule has 116 valence electrons. The number of ether oxygens (including phenoxy) is 2. The van der Waals surface area contributed by atoms with E-state index in [0.717, 1.165) is 42.3 Å². The lowest BCUT2D eigenvalue weighted by Gasteiger charge is -2.31. The summed E-state index contributed by atoms with van der Waals surface area (Å²) < 4.78 is 13.2. The number of aromatic nitrogens is 2. The first-order chi connectivity index (χ1) is 10.8. The molecule has 4 rings (SSSR count). The summed E-state index contributed by atoms with van der Waals surface area (Å²) in [5.41, 5.74) is 1.08. The monoisotopic (exact) mass is 299 g/mol. The van der Waals surface area contributed by atoms with E-state index in [1.807, 2.05) is 18.3 Å². The van der Waals surface area contributed by atoms with Crippen LogP contribution in [0.4, 0.5) is 0 Å². The van der Waals surface area contributed by atoms with Gasteiger partial charge in [-0.1, -0.05) is 6.92 Å². The number of hydrogen-bond donors (Lipinski definition) is 1. The molecule has 0 amide bonds. The van der Waals surface area contributed by atoms with Crippen molar-refractivity contribution in [1.29, 1.82) is 0 Å². The molecular formula is C17H21N3O2. The molecule has 2 aliphatic rings. The van der Waals surface area contributed by atoms with Crippen LogP contribution in [0.3, 0.4) is 0 Å². The highest BCUT2D eigenvalue weighted by Gasteiger charge is 2.24. The third-order valence-electron chi connectivity index (χ3n) is 4.65. The molecule has 0 unspecified atom stereocenters. The zero-order valence-electron chi connectivity index (χ0n) is 12.8. The molecular weight excluding hydrogens is 278 g/mol. The van der Waals surface area contributed by atoms with E-state index >= 15 is 0 Å². The highest BCUT2D eigenvalue weighted by Crippen LogP contribution is 2.36. The first-order valence-corrected chi connectivity index (χ1v) is 8.01. The van der Waals surface area contributed by atoms with Crippen molar-refractivity contribution in [2.24, 2.45) is 0 Å². The van der Waals surface area contributed by atoms with Crippen molar-refractivity contribution in [3.05, 3.63) is 30.6 Å². The Labute approximate surface area is 130 Å². The van der Waals surface area contributed by atoms with Gasteiger partial charge in [-0.3, -0.25) is 0 Å². The Kier molecular flexibility index (Phi) is 3.50. The summed E-state index contributed by atoms with van der Waals surface area (Å²) in [6.07, 6.45) is 7.46. The van der Waals surface area contributed by atoms with Crippen molar-refractivity contribution in [2.75, 3.05) is 13.3 Å². The Morgan fingerprint density at radius 1 is 1.32 bits per heavy atom. The fourth-order valence-corrected chi connectivity index (χ4v) is 3.41. The lowest BCUT2D eigenvalue weighted by molar-refractivity contribution is 0.174. The number of rotatable bonds is 3. The molecule has 1 N–H and O–H groups in total. The third-order valence-corrected chi connectivity index (χ3v) is 4.65. The van der Waals surface area contributed by atoms with E-state index in [9.17, 15) is 0 Å². The fourth-order valence-electron chi connectivity index (χ4n) is 3.41. The summed E-state index contributed by atoms with van der Waals surface area (Å²) in [6, 6.07) is 7.16. The van der Waals surface area contributed by atoms with Gasteiger partial charge in [0.15, 0.2) is 11.5 Å². The van der Waals surface area contributed by atoms with Gasteiger partial charge in [-0.15, -0.1) is 0 Å². The number of hydrogen-bond acceptors (Lipinski definition) is 4. The van der Waals surface area contributed by atoms with Crippen LogP contribution in [0.25, 0.3) is 11.4 Å². The number of nitrogens with one attached hydrogen (secondary N) is 1. The minimum absolute atomic E-state index is 0.305. The molecule has 2 aliphatic heterocycles. The molecule has 3 heterocycles. The zero-order valence-corrected chi connectivity index (χ0v) is 12.8. The van der Waals surface area contributed by atoms with Gasteiger partial charge < -0.3 is 19.4 Å². The van der Waals surface area contributed by atoms with Crippen molar-refractivity contribution >= 4 is 0 Å². The van der Waals surface area contributed by atoms with Crippen molar-refractivity contribution in [3.8, 4) is 22.9 Å². The number of fused-ring (bicyclic) bond motifs is 1. The molecule has 0 saturated carbocycles. The van der Waals surface area contributed by atoms with Gasteiger partial charge in [0.2, 0.25) is 6.79 Å². The van der Waals surface area contributed by atoms with Crippen molar-refractivity contribution < 1.29 is 9.47 Å². The van der Waals surface area contributed by atoms with E-state index in [4.69, 9.17) is 9.47 Å². The molecule has 1 saturated heterocycles. The van der Waals surface area contributed by atoms with E-state index in [0.29, 0.717) is 18.9 Å². The normalized spacial score (nSPS) is 23.7. The Bertz CT molecular complexity index is 668. The van der Waals surface area contributed by atoms with Gasteiger partial charge in [-0.2, -0.15) is 0 Å². The minimum atomic E-state index is 0.305. The second-order valence-electron chi connectivity index (χ2n) is 5.96. The highest BCUT2D eigenvalue weighted by molar-refractivity contribution is 5.62. The maximum absolute atomic E-state index is 5.49. The van der Waals surface area contributed by atoms with Gasteiger partial charge in [-0.05, 0) is 44.0 Å². The van der Waals surface area contributed by atoms with Gasteiger partial charge in [0.1, 0.15) is 5.82 Å². The van der Waals surface area contributed by atoms with Crippen LogP contribution in [0.5, 0.6) is 11.5 Å². The minimum Gasteiger partial charge on any atom is -0.454 e. The molecule has 22 heavy (non-hydrogen) atoms. The molecule has 2 aromatic rings. The Morgan fingerprint density at radius 3 is 3.14 bits per heavy atom. The summed E-state index contributed by atoms with van der Waals surface area (Å²) in [6.45, 7) is 3.62. The lowest BCUT2D eigenvalue weighted by Crippen LogP contribution is -2.38. The van der Waals surface area contributed by atoms with E-state index in [1.165, 1.54) is 6.42 Å². The average Bonchev–Trinajstić information content (AvgIpc) is 3.23. The van der Waals surface area contributed by atoms with Gasteiger partial charge in [0.25, 0.3) is 0 Å². The maximum atomic E-state index is 5.49. The molecule has 5 heteroatoms. The van der Waals surface area contributed by atoms with Crippen molar-refractivity contribution in [2.45, 2.75) is 38.3 Å². The predicted octanol–water partition coefficient (Wildman–Crippen LogP) is 2.98. The van der Waals surface area contributed by atoms with E-state index in [1.54, 1.807) is 0 Å². The number of imidazole rings is 1. The summed E-state index contributed by atoms with van der Waals surface area (Å²) >= 11 is 0. The molecule has 5 nitrogen and oxygen atoms in total. The van der Waals surface area contributed by atoms with Gasteiger partial charge in [0.05, 0.1) is 0 Å². The standard InChI is InChI=1S/C17H21N3O2/c1-2-13-10-14(5-6-18-13)20-8-7-19-17(20)12-3-4-15-16(9-12)22-11-21-15/h3-4,7-9,13-14,18H,2,5-6,10-11H2,1H3/t13-,14+/m0/s1. The molecule has 0 spiro atoms. The second-order valence-corrected chi connectivity index (χ2v) is 5.96. The topological polar surface area (TPSA) is 48.3 Å². The number of benzene rings is 1. The third kappa shape index (κ3) is 2.35. The lowest BCUT2D eigenvalue weighted by atomic mass is 9.97. The molecule has 1 fully saturated rings. The molecule has 0 aliphatic carbocycles. The van der Waals surface area contributed by atoms with Crippen LogP contribution in [-0.4, -0.2) is 28.9 Å². The first kappa shape index (κ1) is 13.6. The molecule has 2 atom stereocenters. The number of nitrogens with zero attached hydrogens (tertiary/aromatic N) is 2. The molecule has 0 radical (unpaired) electrons. The predicted molar refractivity (Wildman–Crippen MR) is 84.1 cm³/mol. The zero-order chi connectivity index (χ0) is 14.9. The summed E-state index contributed by atoms with van der Waals surface area (Å²) in [4.78, 5) is 4.58. The van der Waals surface area contributed by atoms with Crippen LogP contribution in [-0.2, 0) is 0 Å². The van der Waals surface area contributed by atoms with E-state index in [-0.39, 0.29) is 0 Å². The van der Waals surface area contributed by atoms with Gasteiger partial charge in [0, 0.05) is 30.0 Å². The maximum Gasteiger partial charge on any atom is 0.231 e. The molecule has 0 bridgehead atoms. The summed E-state index contributed by atoms with van der Waals surface area (Å²) in [5, 5.41) is 3.58.